The molecular weight excluding hydrogens is 406 g/mol. The van der Waals surface area contributed by atoms with E-state index in [0.717, 1.165) is 23.3 Å². The molecule has 2 aromatic heterocycles. The smallest absolute Gasteiger partial charge is 0.266 e. The summed E-state index contributed by atoms with van der Waals surface area (Å²) >= 11 is 1.34. The van der Waals surface area contributed by atoms with Crippen molar-refractivity contribution in [1.82, 2.24) is 15.8 Å². The summed E-state index contributed by atoms with van der Waals surface area (Å²) in [5.74, 6) is 1.77. The van der Waals surface area contributed by atoms with Gasteiger partial charge in [-0.05, 0) is 90.8 Å². The van der Waals surface area contributed by atoms with Crippen molar-refractivity contribution in [3.8, 4) is 0 Å². The van der Waals surface area contributed by atoms with Crippen molar-refractivity contribution in [2.24, 2.45) is 17.8 Å². The van der Waals surface area contributed by atoms with Crippen LogP contribution in [0.4, 0.5) is 0 Å². The Morgan fingerprint density at radius 1 is 0.903 bits per heavy atom. The van der Waals surface area contributed by atoms with Gasteiger partial charge in [0.2, 0.25) is 0 Å². The van der Waals surface area contributed by atoms with E-state index < -0.39 is 0 Å². The van der Waals surface area contributed by atoms with Gasteiger partial charge in [-0.3, -0.25) is 20.4 Å². The summed E-state index contributed by atoms with van der Waals surface area (Å²) in [4.78, 5) is 30.4. The molecule has 0 atom stereocenters. The normalized spacial score (nSPS) is 28.6. The van der Waals surface area contributed by atoms with E-state index in [-0.39, 0.29) is 17.2 Å². The van der Waals surface area contributed by atoms with E-state index in [1.165, 1.54) is 60.8 Å². The van der Waals surface area contributed by atoms with E-state index in [2.05, 4.69) is 28.0 Å². The molecule has 0 aliphatic heterocycles. The topological polar surface area (TPSA) is 71.1 Å². The number of rotatable bonds is 3. The second kappa shape index (κ2) is 7.16. The molecule has 4 aliphatic rings. The minimum absolute atomic E-state index is 0.159. The monoisotopic (exact) mass is 431 g/mol. The Balaban J connectivity index is 1.35. The Morgan fingerprint density at radius 3 is 2.26 bits per heavy atom. The lowest BCUT2D eigenvalue weighted by Crippen LogP contribution is -2.48. The van der Waals surface area contributed by atoms with Gasteiger partial charge in [0.1, 0.15) is 5.69 Å². The number of pyridine rings is 1. The molecule has 4 saturated carbocycles. The fourth-order valence-electron chi connectivity index (χ4n) is 6.82. The van der Waals surface area contributed by atoms with Gasteiger partial charge in [0.15, 0.2) is 0 Å². The van der Waals surface area contributed by atoms with E-state index >= 15 is 0 Å². The van der Waals surface area contributed by atoms with Crippen molar-refractivity contribution in [3.63, 3.8) is 0 Å². The molecule has 1 aromatic carbocycles. The van der Waals surface area contributed by atoms with E-state index in [1.54, 1.807) is 6.07 Å². The largest absolute Gasteiger partial charge is 0.288 e. The van der Waals surface area contributed by atoms with Crippen molar-refractivity contribution in [2.45, 2.75) is 43.9 Å². The zero-order valence-corrected chi connectivity index (χ0v) is 18.1. The van der Waals surface area contributed by atoms with Gasteiger partial charge >= 0.3 is 0 Å². The van der Waals surface area contributed by atoms with Crippen LogP contribution in [-0.2, 0) is 5.41 Å². The second-order valence-electron chi connectivity index (χ2n) is 9.66. The minimum Gasteiger partial charge on any atom is -0.266 e. The summed E-state index contributed by atoms with van der Waals surface area (Å²) in [5.41, 5.74) is 7.74. The summed E-state index contributed by atoms with van der Waals surface area (Å²) < 4.78 is 0. The first-order valence-electron chi connectivity index (χ1n) is 11.1. The average Bonchev–Trinajstić information content (AvgIpc) is 3.30. The molecule has 7 rings (SSSR count). The Labute approximate surface area is 185 Å². The summed E-state index contributed by atoms with van der Waals surface area (Å²) in [5, 5.41) is 3.00. The average molecular weight is 432 g/mol. The Hall–Kier alpha value is -2.73. The maximum atomic E-state index is 13.0. The minimum atomic E-state index is -0.373. The standard InChI is InChI=1S/C25H25N3O2S/c29-23(27-28-24(30)22-6-3-7-31-22)21-11-19(18-4-1-2-5-20(18)26-21)25-12-15-8-16(13-25)10-17(9-15)14-25/h1-7,11,15-17H,8-10,12-14H2,(H,27,29)(H,28,30). The fourth-order valence-corrected chi connectivity index (χ4v) is 7.44. The van der Waals surface area contributed by atoms with Crippen molar-refractivity contribution >= 4 is 34.1 Å². The molecular formula is C25H25N3O2S. The molecule has 4 aliphatic carbocycles. The zero-order chi connectivity index (χ0) is 21.0. The number of fused-ring (bicyclic) bond motifs is 1. The third-order valence-corrected chi connectivity index (χ3v) is 8.46. The van der Waals surface area contributed by atoms with Gasteiger partial charge in [-0.1, -0.05) is 24.3 Å². The van der Waals surface area contributed by atoms with Crippen LogP contribution in [-0.4, -0.2) is 16.8 Å². The van der Waals surface area contributed by atoms with Crippen LogP contribution in [0, 0.1) is 17.8 Å². The number of nitrogens with one attached hydrogen (secondary N) is 2. The van der Waals surface area contributed by atoms with Crippen LogP contribution >= 0.6 is 11.3 Å². The number of para-hydroxylation sites is 1. The molecule has 2 heterocycles. The number of hydrogen-bond acceptors (Lipinski definition) is 4. The molecule has 158 valence electrons. The molecule has 0 unspecified atom stereocenters. The molecule has 3 aromatic rings. The predicted molar refractivity (Wildman–Crippen MR) is 121 cm³/mol. The first-order chi connectivity index (χ1) is 15.1. The molecule has 4 bridgehead atoms. The van der Waals surface area contributed by atoms with Crippen LogP contribution in [0.1, 0.15) is 64.2 Å². The van der Waals surface area contributed by atoms with Crippen molar-refractivity contribution in [3.05, 3.63) is 64.0 Å². The Morgan fingerprint density at radius 2 is 1.58 bits per heavy atom. The number of carbonyl (C=O) groups excluding carboxylic acids is 2. The lowest BCUT2D eigenvalue weighted by Gasteiger charge is -2.57. The first kappa shape index (κ1) is 19.0. The van der Waals surface area contributed by atoms with Crippen LogP contribution in [0.5, 0.6) is 0 Å². The predicted octanol–water partition coefficient (Wildman–Crippen LogP) is 4.84. The number of nitrogens with zero attached hydrogens (tertiary/aromatic N) is 1. The molecule has 4 fully saturated rings. The van der Waals surface area contributed by atoms with Gasteiger partial charge in [0.05, 0.1) is 10.4 Å². The van der Waals surface area contributed by atoms with E-state index in [1.807, 2.05) is 29.6 Å². The number of benzene rings is 1. The summed E-state index contributed by atoms with van der Waals surface area (Å²) in [6.07, 6.45) is 7.81. The third-order valence-electron chi connectivity index (χ3n) is 7.59. The molecule has 6 heteroatoms. The van der Waals surface area contributed by atoms with Gasteiger partial charge in [-0.25, -0.2) is 4.98 Å². The maximum absolute atomic E-state index is 13.0. The lowest BCUT2D eigenvalue weighted by molar-refractivity contribution is -0.00454. The second-order valence-corrected chi connectivity index (χ2v) is 10.6. The van der Waals surface area contributed by atoms with E-state index in [9.17, 15) is 9.59 Å². The maximum Gasteiger partial charge on any atom is 0.288 e. The highest BCUT2D eigenvalue weighted by molar-refractivity contribution is 7.12. The van der Waals surface area contributed by atoms with Crippen molar-refractivity contribution in [2.75, 3.05) is 0 Å². The summed E-state index contributed by atoms with van der Waals surface area (Å²) in [6.45, 7) is 0. The quantitative estimate of drug-likeness (QED) is 0.583. The SMILES string of the molecule is O=C(NNC(=O)c1cccs1)c1cc(C23CC4CC(CC(C4)C2)C3)c2ccccc2n1. The van der Waals surface area contributed by atoms with E-state index in [4.69, 9.17) is 0 Å². The first-order valence-corrected chi connectivity index (χ1v) is 12.0. The highest BCUT2D eigenvalue weighted by Crippen LogP contribution is 2.61. The molecule has 0 spiro atoms. The Kier molecular flexibility index (Phi) is 4.39. The van der Waals surface area contributed by atoms with Crippen LogP contribution in [0.2, 0.25) is 0 Å². The third kappa shape index (κ3) is 3.24. The number of thiophene rings is 1. The fraction of sp³-hybridized carbons (Fsp3) is 0.400. The van der Waals surface area contributed by atoms with Gasteiger partial charge < -0.3 is 0 Å². The summed E-state index contributed by atoms with van der Waals surface area (Å²) in [7, 11) is 0. The molecule has 2 amide bonds. The number of aromatic nitrogens is 1. The number of hydrazine groups is 1. The Bertz CT molecular complexity index is 1140. The number of hydrogen-bond donors (Lipinski definition) is 2. The van der Waals surface area contributed by atoms with Gasteiger partial charge in [0.25, 0.3) is 11.8 Å². The van der Waals surface area contributed by atoms with Crippen LogP contribution in [0.25, 0.3) is 10.9 Å². The van der Waals surface area contributed by atoms with Crippen LogP contribution < -0.4 is 10.9 Å². The van der Waals surface area contributed by atoms with Crippen LogP contribution in [0.15, 0.2) is 47.8 Å². The van der Waals surface area contributed by atoms with Crippen molar-refractivity contribution in [1.29, 1.82) is 0 Å². The van der Waals surface area contributed by atoms with Crippen molar-refractivity contribution < 1.29 is 9.59 Å². The van der Waals surface area contributed by atoms with Gasteiger partial charge in [0, 0.05) is 5.39 Å². The molecule has 0 radical (unpaired) electrons. The highest BCUT2D eigenvalue weighted by atomic mass is 32.1. The van der Waals surface area contributed by atoms with Gasteiger partial charge in [-0.15, -0.1) is 11.3 Å². The molecule has 5 nitrogen and oxygen atoms in total. The number of carbonyl (C=O) groups is 2. The number of amides is 2. The molecule has 31 heavy (non-hydrogen) atoms. The zero-order valence-electron chi connectivity index (χ0n) is 17.3. The molecule has 0 saturated heterocycles. The van der Waals surface area contributed by atoms with Gasteiger partial charge in [-0.2, -0.15) is 0 Å². The summed E-state index contributed by atoms with van der Waals surface area (Å²) in [6, 6.07) is 13.7. The lowest BCUT2D eigenvalue weighted by atomic mass is 9.48. The molecule has 2 N–H and O–H groups in total. The van der Waals surface area contributed by atoms with Crippen LogP contribution in [0.3, 0.4) is 0 Å². The van der Waals surface area contributed by atoms with E-state index in [0.29, 0.717) is 10.6 Å². The highest BCUT2D eigenvalue weighted by Gasteiger charge is 2.52.